The van der Waals surface area contributed by atoms with Crippen molar-refractivity contribution >= 4 is 29.1 Å². The molecule has 0 fully saturated rings. The molecular weight excluding hydrogens is 338 g/mol. The summed E-state index contributed by atoms with van der Waals surface area (Å²) in [6.07, 6.45) is 1.61. The molecule has 0 saturated carbocycles. The molecule has 2 heterocycles. The molecule has 0 bridgehead atoms. The Hall–Kier alpha value is -2.14. The number of hydrogen-bond acceptors (Lipinski definition) is 4. The van der Waals surface area contributed by atoms with Gasteiger partial charge in [-0.15, -0.1) is 0 Å². The zero-order valence-corrected chi connectivity index (χ0v) is 15.4. The third-order valence-corrected chi connectivity index (χ3v) is 4.86. The normalized spacial score (nSPS) is 19.3. The summed E-state index contributed by atoms with van der Waals surface area (Å²) in [5, 5.41) is 7.96. The second-order valence-corrected chi connectivity index (χ2v) is 6.58. The number of rotatable bonds is 5. The summed E-state index contributed by atoms with van der Waals surface area (Å²) in [5.41, 5.74) is 3.53. The number of aryl methyl sites for hydroxylation is 1. The van der Waals surface area contributed by atoms with Crippen molar-refractivity contribution in [2.24, 2.45) is 10.9 Å². The molecule has 0 saturated heterocycles. The van der Waals surface area contributed by atoms with E-state index < -0.39 is 5.92 Å². The number of aromatic nitrogens is 2. The van der Waals surface area contributed by atoms with Crippen molar-refractivity contribution in [3.8, 4) is 0 Å². The van der Waals surface area contributed by atoms with Crippen LogP contribution in [0, 0.1) is 12.8 Å². The Morgan fingerprint density at radius 2 is 2.08 bits per heavy atom. The quantitative estimate of drug-likeness (QED) is 0.795. The van der Waals surface area contributed by atoms with Crippen LogP contribution in [0.4, 0.5) is 5.82 Å². The standard InChI is InChI=1S/C19H22ClN3O2/c1-4-8-14-17(19(24)25-5-2)16(12-9-6-7-10-13(12)20)15-11(3)22-23-18(15)21-14/h6-7,9-10,16-17H,4-5,8H2,1-3H3,(H,22,23). The molecule has 1 aliphatic heterocycles. The fourth-order valence-electron chi connectivity index (χ4n) is 3.48. The highest BCUT2D eigenvalue weighted by molar-refractivity contribution is 6.31. The first kappa shape index (κ1) is 17.7. The molecule has 6 heteroatoms. The number of nitrogens with zero attached hydrogens (tertiary/aromatic N) is 2. The van der Waals surface area contributed by atoms with E-state index >= 15 is 0 Å². The van der Waals surface area contributed by atoms with Crippen LogP contribution in [0.15, 0.2) is 29.3 Å². The molecule has 132 valence electrons. The predicted octanol–water partition coefficient (Wildman–Crippen LogP) is 4.57. The minimum atomic E-state index is -0.483. The number of nitrogens with one attached hydrogen (secondary N) is 1. The monoisotopic (exact) mass is 359 g/mol. The number of hydrogen-bond donors (Lipinski definition) is 1. The molecule has 0 aliphatic carbocycles. The first-order valence-electron chi connectivity index (χ1n) is 8.61. The fourth-order valence-corrected chi connectivity index (χ4v) is 3.73. The summed E-state index contributed by atoms with van der Waals surface area (Å²) in [6.45, 7) is 6.16. The molecule has 1 aromatic carbocycles. The highest BCUT2D eigenvalue weighted by Crippen LogP contribution is 2.46. The number of carbonyl (C=O) groups is 1. The number of ether oxygens (including phenoxy) is 1. The summed E-state index contributed by atoms with van der Waals surface area (Å²) in [4.78, 5) is 17.5. The zero-order valence-electron chi connectivity index (χ0n) is 14.7. The number of esters is 1. The van der Waals surface area contributed by atoms with Crippen molar-refractivity contribution in [1.29, 1.82) is 0 Å². The molecule has 5 nitrogen and oxygen atoms in total. The lowest BCUT2D eigenvalue weighted by Crippen LogP contribution is -2.35. The van der Waals surface area contributed by atoms with E-state index in [1.807, 2.05) is 38.1 Å². The van der Waals surface area contributed by atoms with E-state index in [2.05, 4.69) is 22.1 Å². The van der Waals surface area contributed by atoms with Crippen molar-refractivity contribution in [2.75, 3.05) is 6.61 Å². The lowest BCUT2D eigenvalue weighted by molar-refractivity contribution is -0.146. The van der Waals surface area contributed by atoms with Crippen molar-refractivity contribution < 1.29 is 9.53 Å². The lowest BCUT2D eigenvalue weighted by Gasteiger charge is -2.31. The Morgan fingerprint density at radius 1 is 1.32 bits per heavy atom. The summed E-state index contributed by atoms with van der Waals surface area (Å²) >= 11 is 6.49. The Kier molecular flexibility index (Phi) is 5.23. The van der Waals surface area contributed by atoms with Gasteiger partial charge in [0.1, 0.15) is 5.92 Å². The predicted molar refractivity (Wildman–Crippen MR) is 98.7 cm³/mol. The van der Waals surface area contributed by atoms with Gasteiger partial charge in [0.15, 0.2) is 5.82 Å². The maximum Gasteiger partial charge on any atom is 0.315 e. The highest BCUT2D eigenvalue weighted by Gasteiger charge is 2.42. The van der Waals surface area contributed by atoms with Gasteiger partial charge >= 0.3 is 5.97 Å². The lowest BCUT2D eigenvalue weighted by atomic mass is 9.75. The van der Waals surface area contributed by atoms with E-state index in [1.54, 1.807) is 0 Å². The Bertz CT molecular complexity index is 813. The van der Waals surface area contributed by atoms with E-state index in [-0.39, 0.29) is 11.9 Å². The van der Waals surface area contributed by atoms with Gasteiger partial charge in [-0.2, -0.15) is 5.10 Å². The van der Waals surface area contributed by atoms with Crippen LogP contribution in [0.3, 0.4) is 0 Å². The molecule has 3 rings (SSSR count). The molecule has 1 aliphatic rings. The van der Waals surface area contributed by atoms with Gasteiger partial charge in [-0.05, 0) is 31.9 Å². The highest BCUT2D eigenvalue weighted by atomic mass is 35.5. The van der Waals surface area contributed by atoms with Gasteiger partial charge in [0.25, 0.3) is 0 Å². The van der Waals surface area contributed by atoms with E-state index in [0.29, 0.717) is 17.4 Å². The van der Waals surface area contributed by atoms with Gasteiger partial charge in [-0.1, -0.05) is 43.1 Å². The van der Waals surface area contributed by atoms with Crippen LogP contribution in [0.2, 0.25) is 5.02 Å². The third-order valence-electron chi connectivity index (χ3n) is 4.51. The first-order valence-corrected chi connectivity index (χ1v) is 8.99. The number of fused-ring (bicyclic) bond motifs is 1. The van der Waals surface area contributed by atoms with Crippen LogP contribution in [-0.4, -0.2) is 28.5 Å². The smallest absolute Gasteiger partial charge is 0.315 e. The molecular formula is C19H22ClN3O2. The SMILES string of the molecule is CCCC1=Nc2n[nH]c(C)c2C(c2ccccc2Cl)C1C(=O)OCC. The topological polar surface area (TPSA) is 67.3 Å². The van der Waals surface area contributed by atoms with E-state index in [9.17, 15) is 4.79 Å². The van der Waals surface area contributed by atoms with Crippen LogP contribution in [0.25, 0.3) is 0 Å². The molecule has 2 atom stereocenters. The average Bonchev–Trinajstić information content (AvgIpc) is 2.96. The van der Waals surface area contributed by atoms with Crippen molar-refractivity contribution in [3.05, 3.63) is 46.1 Å². The number of benzene rings is 1. The average molecular weight is 360 g/mol. The van der Waals surface area contributed by atoms with Crippen molar-refractivity contribution in [1.82, 2.24) is 10.2 Å². The number of carbonyl (C=O) groups excluding carboxylic acids is 1. The minimum Gasteiger partial charge on any atom is -0.465 e. The minimum absolute atomic E-state index is 0.249. The summed E-state index contributed by atoms with van der Waals surface area (Å²) in [7, 11) is 0. The molecule has 0 spiro atoms. The summed E-state index contributed by atoms with van der Waals surface area (Å²) in [5.74, 6) is -0.346. The van der Waals surface area contributed by atoms with Crippen LogP contribution in [-0.2, 0) is 9.53 Å². The molecule has 2 aromatic rings. The Morgan fingerprint density at radius 3 is 2.76 bits per heavy atom. The van der Waals surface area contributed by atoms with Crippen molar-refractivity contribution in [2.45, 2.75) is 39.5 Å². The molecule has 25 heavy (non-hydrogen) atoms. The van der Waals surface area contributed by atoms with Gasteiger partial charge in [-0.3, -0.25) is 9.89 Å². The summed E-state index contributed by atoms with van der Waals surface area (Å²) < 4.78 is 5.39. The van der Waals surface area contributed by atoms with Crippen LogP contribution in [0.1, 0.15) is 49.4 Å². The Labute approximate surface area is 152 Å². The maximum atomic E-state index is 12.8. The largest absolute Gasteiger partial charge is 0.465 e. The van der Waals surface area contributed by atoms with E-state index in [1.165, 1.54) is 0 Å². The molecule has 0 radical (unpaired) electrons. The van der Waals surface area contributed by atoms with Gasteiger partial charge in [0.05, 0.1) is 6.61 Å². The second-order valence-electron chi connectivity index (χ2n) is 6.17. The van der Waals surface area contributed by atoms with Crippen LogP contribution in [0.5, 0.6) is 0 Å². The van der Waals surface area contributed by atoms with Crippen molar-refractivity contribution in [3.63, 3.8) is 0 Å². The van der Waals surface area contributed by atoms with Gasteiger partial charge in [0.2, 0.25) is 0 Å². The zero-order chi connectivity index (χ0) is 18.0. The Balaban J connectivity index is 2.21. The van der Waals surface area contributed by atoms with E-state index in [4.69, 9.17) is 16.3 Å². The second kappa shape index (κ2) is 7.40. The molecule has 1 N–H and O–H groups in total. The summed E-state index contributed by atoms with van der Waals surface area (Å²) in [6, 6.07) is 7.63. The van der Waals surface area contributed by atoms with Gasteiger partial charge in [-0.25, -0.2) is 4.99 Å². The first-order chi connectivity index (χ1) is 12.1. The maximum absolute atomic E-state index is 12.8. The van der Waals surface area contributed by atoms with E-state index in [0.717, 1.165) is 35.4 Å². The van der Waals surface area contributed by atoms with Crippen LogP contribution >= 0.6 is 11.6 Å². The number of H-pyrrole nitrogens is 1. The fraction of sp³-hybridized carbons (Fsp3) is 0.421. The molecule has 2 unspecified atom stereocenters. The van der Waals surface area contributed by atoms with Gasteiger partial charge in [0, 0.05) is 27.9 Å². The van der Waals surface area contributed by atoms with Crippen LogP contribution < -0.4 is 0 Å². The third kappa shape index (κ3) is 3.21. The number of aromatic amines is 1. The number of aliphatic imine (C=N–C) groups is 1. The molecule has 1 aromatic heterocycles. The number of halogens is 1. The molecule has 0 amide bonds. The van der Waals surface area contributed by atoms with Gasteiger partial charge < -0.3 is 4.74 Å².